The average Bonchev–Trinajstić information content (AvgIpc) is 2.53. The van der Waals surface area contributed by atoms with E-state index in [-0.39, 0.29) is 0 Å². The Hall–Kier alpha value is -1.41. The van der Waals surface area contributed by atoms with E-state index in [0.717, 1.165) is 18.0 Å². The molecule has 3 rings (SSSR count). The van der Waals surface area contributed by atoms with E-state index in [1.807, 2.05) is 6.20 Å². The normalized spacial score (nSPS) is 23.1. The van der Waals surface area contributed by atoms with Crippen LogP contribution < -0.4 is 5.32 Å². The summed E-state index contributed by atoms with van der Waals surface area (Å²) in [5, 5.41) is 5.03. The van der Waals surface area contributed by atoms with Crippen molar-refractivity contribution < 1.29 is 0 Å². The van der Waals surface area contributed by atoms with Gasteiger partial charge in [-0.3, -0.25) is 4.98 Å². The molecule has 1 saturated carbocycles. The molecule has 1 fully saturated rings. The maximum absolute atomic E-state index is 4.43. The summed E-state index contributed by atoms with van der Waals surface area (Å²) in [7, 11) is 0. The van der Waals surface area contributed by atoms with Crippen LogP contribution in [0.4, 0.5) is 0 Å². The average molecular weight is 268 g/mol. The third-order valence-corrected chi connectivity index (χ3v) is 4.74. The molecule has 0 saturated heterocycles. The number of aromatic nitrogens is 1. The van der Waals surface area contributed by atoms with E-state index in [9.17, 15) is 0 Å². The standard InChI is InChI=1S/C18H24N2/c1-2-14-7-9-16(10-8-14)20-13-15-11-12-19-18-6-4-3-5-17(15)18/h3-6,11-12,14,16,20H,2,7-10,13H2,1H3. The highest BCUT2D eigenvalue weighted by Crippen LogP contribution is 2.27. The molecule has 1 aliphatic carbocycles. The Labute approximate surface area is 121 Å². The van der Waals surface area contributed by atoms with Crippen molar-refractivity contribution in [1.82, 2.24) is 10.3 Å². The zero-order valence-electron chi connectivity index (χ0n) is 12.3. The van der Waals surface area contributed by atoms with E-state index in [4.69, 9.17) is 0 Å². The fraction of sp³-hybridized carbons (Fsp3) is 0.500. The summed E-state index contributed by atoms with van der Waals surface area (Å²) in [4.78, 5) is 4.43. The second-order valence-corrected chi connectivity index (χ2v) is 5.99. The van der Waals surface area contributed by atoms with Gasteiger partial charge in [0, 0.05) is 24.2 Å². The van der Waals surface area contributed by atoms with Crippen molar-refractivity contribution in [2.45, 2.75) is 51.6 Å². The van der Waals surface area contributed by atoms with Gasteiger partial charge in [-0.05, 0) is 49.3 Å². The van der Waals surface area contributed by atoms with Crippen LogP contribution >= 0.6 is 0 Å². The van der Waals surface area contributed by atoms with Crippen LogP contribution in [0.15, 0.2) is 36.5 Å². The first-order valence-corrected chi connectivity index (χ1v) is 7.93. The SMILES string of the molecule is CCC1CCC(NCc2ccnc3ccccc23)CC1. The summed E-state index contributed by atoms with van der Waals surface area (Å²) in [5.41, 5.74) is 2.47. The molecule has 2 nitrogen and oxygen atoms in total. The predicted octanol–water partition coefficient (Wildman–Crippen LogP) is 4.29. The van der Waals surface area contributed by atoms with Gasteiger partial charge in [0.2, 0.25) is 0 Å². The van der Waals surface area contributed by atoms with Gasteiger partial charge in [-0.2, -0.15) is 0 Å². The highest BCUT2D eigenvalue weighted by molar-refractivity contribution is 5.81. The molecule has 2 heteroatoms. The quantitative estimate of drug-likeness (QED) is 0.894. The third-order valence-electron chi connectivity index (χ3n) is 4.74. The number of para-hydroxylation sites is 1. The summed E-state index contributed by atoms with van der Waals surface area (Å²) >= 11 is 0. The van der Waals surface area contributed by atoms with E-state index in [1.165, 1.54) is 43.1 Å². The van der Waals surface area contributed by atoms with Crippen LogP contribution in [0, 0.1) is 5.92 Å². The van der Waals surface area contributed by atoms with Crippen molar-refractivity contribution in [1.29, 1.82) is 0 Å². The zero-order valence-corrected chi connectivity index (χ0v) is 12.3. The van der Waals surface area contributed by atoms with Crippen LogP contribution in [0.5, 0.6) is 0 Å². The molecule has 2 aromatic rings. The number of pyridine rings is 1. The number of hydrogen-bond acceptors (Lipinski definition) is 2. The van der Waals surface area contributed by atoms with Crippen molar-refractivity contribution in [2.24, 2.45) is 5.92 Å². The monoisotopic (exact) mass is 268 g/mol. The van der Waals surface area contributed by atoms with E-state index in [2.05, 4.69) is 47.6 Å². The Morgan fingerprint density at radius 1 is 1.10 bits per heavy atom. The van der Waals surface area contributed by atoms with Crippen molar-refractivity contribution >= 4 is 10.9 Å². The van der Waals surface area contributed by atoms with E-state index in [1.54, 1.807) is 0 Å². The first-order chi connectivity index (χ1) is 9.86. The minimum atomic E-state index is 0.699. The van der Waals surface area contributed by atoms with Gasteiger partial charge in [0.25, 0.3) is 0 Å². The van der Waals surface area contributed by atoms with Crippen LogP contribution in [0.25, 0.3) is 10.9 Å². The molecule has 1 N–H and O–H groups in total. The van der Waals surface area contributed by atoms with Crippen molar-refractivity contribution in [3.8, 4) is 0 Å². The highest BCUT2D eigenvalue weighted by atomic mass is 14.9. The lowest BCUT2D eigenvalue weighted by Crippen LogP contribution is -2.32. The maximum atomic E-state index is 4.43. The summed E-state index contributed by atoms with van der Waals surface area (Å²) < 4.78 is 0. The number of fused-ring (bicyclic) bond motifs is 1. The van der Waals surface area contributed by atoms with Crippen molar-refractivity contribution in [3.05, 3.63) is 42.1 Å². The van der Waals surface area contributed by atoms with E-state index in [0.29, 0.717) is 6.04 Å². The van der Waals surface area contributed by atoms with Gasteiger partial charge in [-0.25, -0.2) is 0 Å². The molecule has 106 valence electrons. The highest BCUT2D eigenvalue weighted by Gasteiger charge is 2.19. The van der Waals surface area contributed by atoms with Crippen molar-refractivity contribution in [3.63, 3.8) is 0 Å². The molecule has 0 radical (unpaired) electrons. The smallest absolute Gasteiger partial charge is 0.0705 e. The van der Waals surface area contributed by atoms with Gasteiger partial charge < -0.3 is 5.32 Å². The first-order valence-electron chi connectivity index (χ1n) is 7.93. The molecule has 0 atom stereocenters. The van der Waals surface area contributed by atoms with Crippen LogP contribution in [0.1, 0.15) is 44.6 Å². The fourth-order valence-corrected chi connectivity index (χ4v) is 3.34. The Bertz CT molecular complexity index is 551. The minimum absolute atomic E-state index is 0.699. The largest absolute Gasteiger partial charge is 0.310 e. The summed E-state index contributed by atoms with van der Waals surface area (Å²) in [6.45, 7) is 3.28. The van der Waals surface area contributed by atoms with Crippen molar-refractivity contribution in [2.75, 3.05) is 0 Å². The minimum Gasteiger partial charge on any atom is -0.310 e. The summed E-state index contributed by atoms with van der Waals surface area (Å²) in [6.07, 6.45) is 8.73. The molecule has 0 spiro atoms. The molecule has 1 aliphatic rings. The Morgan fingerprint density at radius 2 is 1.90 bits per heavy atom. The lowest BCUT2D eigenvalue weighted by Gasteiger charge is -2.28. The second kappa shape index (κ2) is 6.36. The predicted molar refractivity (Wildman–Crippen MR) is 84.6 cm³/mol. The van der Waals surface area contributed by atoms with Gasteiger partial charge in [0.15, 0.2) is 0 Å². The third kappa shape index (κ3) is 3.01. The molecular weight excluding hydrogens is 244 g/mol. The molecule has 0 bridgehead atoms. The van der Waals surface area contributed by atoms with Crippen LogP contribution in [0.2, 0.25) is 0 Å². The molecule has 0 unspecified atom stereocenters. The van der Waals surface area contributed by atoms with Gasteiger partial charge in [0.1, 0.15) is 0 Å². The van der Waals surface area contributed by atoms with Crippen LogP contribution in [0.3, 0.4) is 0 Å². The van der Waals surface area contributed by atoms with E-state index < -0.39 is 0 Å². The van der Waals surface area contributed by atoms with Gasteiger partial charge in [-0.15, -0.1) is 0 Å². The number of benzene rings is 1. The molecule has 0 amide bonds. The Balaban J connectivity index is 1.63. The summed E-state index contributed by atoms with van der Waals surface area (Å²) in [5.74, 6) is 0.967. The molecule has 1 aromatic carbocycles. The number of nitrogens with zero attached hydrogens (tertiary/aromatic N) is 1. The molecular formula is C18H24N2. The van der Waals surface area contributed by atoms with Gasteiger partial charge >= 0.3 is 0 Å². The molecule has 1 aromatic heterocycles. The number of rotatable bonds is 4. The number of nitrogens with one attached hydrogen (secondary N) is 1. The Kier molecular flexibility index (Phi) is 4.31. The second-order valence-electron chi connectivity index (χ2n) is 5.99. The lowest BCUT2D eigenvalue weighted by atomic mass is 9.84. The maximum Gasteiger partial charge on any atom is 0.0705 e. The van der Waals surface area contributed by atoms with E-state index >= 15 is 0 Å². The lowest BCUT2D eigenvalue weighted by molar-refractivity contribution is 0.285. The van der Waals surface area contributed by atoms with Gasteiger partial charge in [0.05, 0.1) is 5.52 Å². The first kappa shape index (κ1) is 13.6. The van der Waals surface area contributed by atoms with Gasteiger partial charge in [-0.1, -0.05) is 31.5 Å². The molecule has 1 heterocycles. The van der Waals surface area contributed by atoms with Crippen LogP contribution in [-0.4, -0.2) is 11.0 Å². The summed E-state index contributed by atoms with van der Waals surface area (Å²) in [6, 6.07) is 11.3. The Morgan fingerprint density at radius 3 is 2.70 bits per heavy atom. The topological polar surface area (TPSA) is 24.9 Å². The molecule has 20 heavy (non-hydrogen) atoms. The fourth-order valence-electron chi connectivity index (χ4n) is 3.34. The molecule has 0 aliphatic heterocycles. The number of hydrogen-bond donors (Lipinski definition) is 1. The van der Waals surface area contributed by atoms with Crippen LogP contribution in [-0.2, 0) is 6.54 Å². The zero-order chi connectivity index (χ0) is 13.8.